The quantitative estimate of drug-likeness (QED) is 0.499. The predicted octanol–water partition coefficient (Wildman–Crippen LogP) is 4.48. The Morgan fingerprint density at radius 3 is 2.19 bits per heavy atom. The van der Waals surface area contributed by atoms with E-state index in [2.05, 4.69) is 11.4 Å². The number of hydrogen-bond acceptors (Lipinski definition) is 7. The number of carbonyl (C=O) groups excluding carboxylic acids is 1. The van der Waals surface area contributed by atoms with Gasteiger partial charge in [-0.05, 0) is 35.9 Å². The number of carbonyl (C=O) groups is 1. The second-order valence-electron chi connectivity index (χ2n) is 6.81. The minimum atomic E-state index is -0.890. The van der Waals surface area contributed by atoms with Crippen LogP contribution in [-0.2, 0) is 16.1 Å². The standard InChI is InChI=1S/C25H24N2O5/c1-29-22-13-20(21(14-23(22)30-2)32-16-18-7-5-4-6-8-18)24(25(28)31-3)27-19-11-9-17(15-26)10-12-19/h4-14,24,27H,16H2,1-3H3. The zero-order chi connectivity index (χ0) is 22.9. The first-order valence-corrected chi connectivity index (χ1v) is 9.86. The molecule has 0 spiro atoms. The Morgan fingerprint density at radius 1 is 0.938 bits per heavy atom. The van der Waals surface area contributed by atoms with Crippen LogP contribution in [0.3, 0.4) is 0 Å². The first-order valence-electron chi connectivity index (χ1n) is 9.86. The van der Waals surface area contributed by atoms with Gasteiger partial charge in [-0.1, -0.05) is 30.3 Å². The zero-order valence-electron chi connectivity index (χ0n) is 18.1. The van der Waals surface area contributed by atoms with Crippen LogP contribution in [0, 0.1) is 11.3 Å². The maximum absolute atomic E-state index is 12.8. The average Bonchev–Trinajstić information content (AvgIpc) is 2.86. The van der Waals surface area contributed by atoms with Crippen molar-refractivity contribution in [1.82, 2.24) is 0 Å². The third-order valence-electron chi connectivity index (χ3n) is 4.83. The summed E-state index contributed by atoms with van der Waals surface area (Å²) in [5.41, 5.74) is 2.66. The van der Waals surface area contributed by atoms with Crippen LogP contribution in [0.5, 0.6) is 17.2 Å². The first-order chi connectivity index (χ1) is 15.6. The molecule has 0 aliphatic heterocycles. The minimum Gasteiger partial charge on any atom is -0.493 e. The molecule has 0 heterocycles. The molecule has 3 aromatic carbocycles. The van der Waals surface area contributed by atoms with Crippen LogP contribution in [0.2, 0.25) is 0 Å². The number of nitriles is 1. The van der Waals surface area contributed by atoms with E-state index in [0.29, 0.717) is 40.7 Å². The molecule has 0 bridgehead atoms. The largest absolute Gasteiger partial charge is 0.493 e. The van der Waals surface area contributed by atoms with Crippen molar-refractivity contribution in [3.8, 4) is 23.3 Å². The fraction of sp³-hybridized carbons (Fsp3) is 0.200. The minimum absolute atomic E-state index is 0.300. The third-order valence-corrected chi connectivity index (χ3v) is 4.83. The summed E-state index contributed by atoms with van der Waals surface area (Å²) >= 11 is 0. The van der Waals surface area contributed by atoms with Crippen molar-refractivity contribution in [2.24, 2.45) is 0 Å². The lowest BCUT2D eigenvalue weighted by Gasteiger charge is -2.23. The molecule has 1 unspecified atom stereocenters. The van der Waals surface area contributed by atoms with Gasteiger partial charge in [0.25, 0.3) is 0 Å². The number of nitrogens with zero attached hydrogens (tertiary/aromatic N) is 1. The highest BCUT2D eigenvalue weighted by atomic mass is 16.5. The molecule has 3 aromatic rings. The predicted molar refractivity (Wildman–Crippen MR) is 120 cm³/mol. The van der Waals surface area contributed by atoms with Crippen molar-refractivity contribution in [1.29, 1.82) is 5.26 Å². The Hall–Kier alpha value is -4.18. The van der Waals surface area contributed by atoms with Crippen molar-refractivity contribution in [2.75, 3.05) is 26.6 Å². The molecular weight excluding hydrogens is 408 g/mol. The molecule has 0 saturated heterocycles. The molecule has 164 valence electrons. The molecule has 0 saturated carbocycles. The molecule has 1 N–H and O–H groups in total. The molecule has 3 rings (SSSR count). The van der Waals surface area contributed by atoms with Crippen LogP contribution in [0.4, 0.5) is 5.69 Å². The summed E-state index contributed by atoms with van der Waals surface area (Å²) in [6.07, 6.45) is 0. The summed E-state index contributed by atoms with van der Waals surface area (Å²) in [5, 5.41) is 12.2. The van der Waals surface area contributed by atoms with Gasteiger partial charge in [-0.25, -0.2) is 4.79 Å². The fourth-order valence-corrected chi connectivity index (χ4v) is 3.15. The van der Waals surface area contributed by atoms with Crippen molar-refractivity contribution in [3.63, 3.8) is 0 Å². The summed E-state index contributed by atoms with van der Waals surface area (Å²) < 4.78 is 22.0. The summed E-state index contributed by atoms with van der Waals surface area (Å²) in [4.78, 5) is 12.8. The number of nitrogens with one attached hydrogen (secondary N) is 1. The average molecular weight is 432 g/mol. The van der Waals surface area contributed by atoms with Gasteiger partial charge in [-0.15, -0.1) is 0 Å². The number of ether oxygens (including phenoxy) is 4. The number of esters is 1. The van der Waals surface area contributed by atoms with Gasteiger partial charge in [0, 0.05) is 17.3 Å². The molecular formula is C25H24N2O5. The summed E-state index contributed by atoms with van der Waals surface area (Å²) in [6, 6.07) is 21.0. The van der Waals surface area contributed by atoms with E-state index in [0.717, 1.165) is 5.56 Å². The smallest absolute Gasteiger partial charge is 0.333 e. The van der Waals surface area contributed by atoms with Crippen molar-refractivity contribution < 1.29 is 23.7 Å². The summed E-state index contributed by atoms with van der Waals surface area (Å²) in [5.74, 6) is 0.862. The van der Waals surface area contributed by atoms with E-state index in [1.54, 1.807) is 36.4 Å². The molecule has 7 nitrogen and oxygen atoms in total. The molecule has 1 atom stereocenters. The molecule has 0 fully saturated rings. The lowest BCUT2D eigenvalue weighted by molar-refractivity contribution is -0.141. The fourth-order valence-electron chi connectivity index (χ4n) is 3.15. The van der Waals surface area contributed by atoms with Crippen LogP contribution >= 0.6 is 0 Å². The maximum Gasteiger partial charge on any atom is 0.333 e. The van der Waals surface area contributed by atoms with E-state index in [4.69, 9.17) is 24.2 Å². The Balaban J connectivity index is 2.01. The number of methoxy groups -OCH3 is 3. The normalized spacial score (nSPS) is 11.1. The zero-order valence-corrected chi connectivity index (χ0v) is 18.1. The van der Waals surface area contributed by atoms with Gasteiger partial charge in [0.1, 0.15) is 12.4 Å². The van der Waals surface area contributed by atoms with E-state index >= 15 is 0 Å². The molecule has 0 aliphatic rings. The van der Waals surface area contributed by atoms with Crippen LogP contribution in [0.1, 0.15) is 22.7 Å². The van der Waals surface area contributed by atoms with Crippen LogP contribution in [-0.4, -0.2) is 27.3 Å². The highest BCUT2D eigenvalue weighted by Gasteiger charge is 2.27. The lowest BCUT2D eigenvalue weighted by Crippen LogP contribution is -2.23. The van der Waals surface area contributed by atoms with Crippen LogP contribution in [0.15, 0.2) is 66.7 Å². The Labute approximate surface area is 187 Å². The molecule has 0 aromatic heterocycles. The van der Waals surface area contributed by atoms with Gasteiger partial charge >= 0.3 is 5.97 Å². The number of benzene rings is 3. The molecule has 0 aliphatic carbocycles. The topological polar surface area (TPSA) is 89.8 Å². The molecule has 0 radical (unpaired) electrons. The van der Waals surface area contributed by atoms with Gasteiger partial charge in [-0.2, -0.15) is 5.26 Å². The van der Waals surface area contributed by atoms with Crippen molar-refractivity contribution >= 4 is 11.7 Å². The second kappa shape index (κ2) is 10.7. The maximum atomic E-state index is 12.8. The Morgan fingerprint density at radius 2 is 1.59 bits per heavy atom. The van der Waals surface area contributed by atoms with Gasteiger partial charge in [-0.3, -0.25) is 0 Å². The van der Waals surface area contributed by atoms with Crippen molar-refractivity contribution in [3.05, 3.63) is 83.4 Å². The van der Waals surface area contributed by atoms with E-state index in [9.17, 15) is 4.79 Å². The van der Waals surface area contributed by atoms with Crippen LogP contribution < -0.4 is 19.5 Å². The Bertz CT molecular complexity index is 1090. The van der Waals surface area contributed by atoms with Gasteiger partial charge in [0.05, 0.1) is 33.0 Å². The molecule has 7 heteroatoms. The van der Waals surface area contributed by atoms with Gasteiger partial charge < -0.3 is 24.3 Å². The van der Waals surface area contributed by atoms with Crippen molar-refractivity contribution in [2.45, 2.75) is 12.6 Å². The number of anilines is 1. The van der Waals surface area contributed by atoms with Crippen LogP contribution in [0.25, 0.3) is 0 Å². The molecule has 32 heavy (non-hydrogen) atoms. The SMILES string of the molecule is COC(=O)C(Nc1ccc(C#N)cc1)c1cc(OC)c(OC)cc1OCc1ccccc1. The van der Waals surface area contributed by atoms with E-state index < -0.39 is 12.0 Å². The van der Waals surface area contributed by atoms with Gasteiger partial charge in [0.15, 0.2) is 17.5 Å². The number of rotatable bonds is 9. The van der Waals surface area contributed by atoms with E-state index in [1.807, 2.05) is 30.3 Å². The summed E-state index contributed by atoms with van der Waals surface area (Å²) in [7, 11) is 4.37. The monoisotopic (exact) mass is 432 g/mol. The third kappa shape index (κ3) is 5.29. The van der Waals surface area contributed by atoms with Gasteiger partial charge in [0.2, 0.25) is 0 Å². The second-order valence-corrected chi connectivity index (χ2v) is 6.81. The Kier molecular flexibility index (Phi) is 7.55. The number of hydrogen-bond donors (Lipinski definition) is 1. The highest BCUT2D eigenvalue weighted by Crippen LogP contribution is 2.39. The molecule has 0 amide bonds. The van der Waals surface area contributed by atoms with E-state index in [1.165, 1.54) is 21.3 Å². The lowest BCUT2D eigenvalue weighted by atomic mass is 10.0. The van der Waals surface area contributed by atoms with E-state index in [-0.39, 0.29) is 0 Å². The summed E-state index contributed by atoms with van der Waals surface area (Å²) in [6.45, 7) is 0.300. The highest BCUT2D eigenvalue weighted by molar-refractivity contribution is 5.82. The first kappa shape index (κ1) is 22.5.